The Hall–Kier alpha value is -0.730. The summed E-state index contributed by atoms with van der Waals surface area (Å²) >= 11 is 5.86. The summed E-state index contributed by atoms with van der Waals surface area (Å²) in [5, 5.41) is 3.78. The zero-order chi connectivity index (χ0) is 10.6. The van der Waals surface area contributed by atoms with E-state index in [2.05, 4.69) is 5.32 Å². The summed E-state index contributed by atoms with van der Waals surface area (Å²) < 4.78 is 5.78. The minimum absolute atomic E-state index is 0.223. The van der Waals surface area contributed by atoms with Gasteiger partial charge in [-0.2, -0.15) is 0 Å². The third-order valence-electron chi connectivity index (χ3n) is 1.79. The zero-order valence-corrected chi connectivity index (χ0v) is 9.56. The maximum absolute atomic E-state index is 5.86. The Morgan fingerprint density at radius 2 is 2.14 bits per heavy atom. The summed E-state index contributed by atoms with van der Waals surface area (Å²) in [6.45, 7) is 4.86. The van der Waals surface area contributed by atoms with Gasteiger partial charge in [0.15, 0.2) is 0 Å². The molecule has 0 radical (unpaired) electrons. The molecule has 0 bridgehead atoms. The highest BCUT2D eigenvalue weighted by Gasteiger charge is 2.18. The van der Waals surface area contributed by atoms with Crippen LogP contribution in [0.3, 0.4) is 0 Å². The van der Waals surface area contributed by atoms with E-state index in [1.807, 2.05) is 45.2 Å². The Kier molecular flexibility index (Phi) is 3.78. The van der Waals surface area contributed by atoms with Crippen LogP contribution in [-0.2, 0) is 0 Å². The molecule has 0 aliphatic carbocycles. The van der Waals surface area contributed by atoms with E-state index in [9.17, 15) is 0 Å². The largest absolute Gasteiger partial charge is 0.486 e. The van der Waals surface area contributed by atoms with E-state index in [4.69, 9.17) is 16.3 Å². The number of likely N-dealkylation sites (N-methyl/N-ethyl adjacent to an activating group) is 1. The van der Waals surface area contributed by atoms with Gasteiger partial charge in [0, 0.05) is 11.6 Å². The maximum Gasteiger partial charge on any atom is 0.121 e. The van der Waals surface area contributed by atoms with Crippen LogP contribution in [0.1, 0.15) is 13.8 Å². The molecule has 0 fully saturated rings. The molecule has 0 spiro atoms. The molecule has 0 aromatic heterocycles. The van der Waals surface area contributed by atoms with Crippen LogP contribution in [0, 0.1) is 0 Å². The van der Waals surface area contributed by atoms with E-state index in [-0.39, 0.29) is 5.60 Å². The summed E-state index contributed by atoms with van der Waals surface area (Å²) in [5.74, 6) is 0.803. The number of ether oxygens (including phenoxy) is 1. The molecule has 2 nitrogen and oxygen atoms in total. The summed E-state index contributed by atoms with van der Waals surface area (Å²) in [4.78, 5) is 0. The second-order valence-corrected chi connectivity index (χ2v) is 4.29. The molecular formula is C11H16ClNO. The normalized spacial score (nSPS) is 11.4. The highest BCUT2D eigenvalue weighted by atomic mass is 35.5. The van der Waals surface area contributed by atoms with Crippen LogP contribution in [0.25, 0.3) is 0 Å². The van der Waals surface area contributed by atoms with Gasteiger partial charge in [0.05, 0.1) is 0 Å². The first kappa shape index (κ1) is 11.3. The SMILES string of the molecule is CNCC(C)(C)Oc1cccc(Cl)c1. The summed E-state index contributed by atoms with van der Waals surface area (Å²) in [5.41, 5.74) is -0.223. The smallest absolute Gasteiger partial charge is 0.121 e. The highest BCUT2D eigenvalue weighted by Crippen LogP contribution is 2.21. The van der Waals surface area contributed by atoms with Gasteiger partial charge in [0.2, 0.25) is 0 Å². The summed E-state index contributed by atoms with van der Waals surface area (Å²) in [6, 6.07) is 7.44. The quantitative estimate of drug-likeness (QED) is 0.831. The van der Waals surface area contributed by atoms with Gasteiger partial charge in [-0.1, -0.05) is 17.7 Å². The molecule has 0 heterocycles. The third kappa shape index (κ3) is 3.56. The standard InChI is InChI=1S/C11H16ClNO/c1-11(2,8-13-3)14-10-6-4-5-9(12)7-10/h4-7,13H,8H2,1-3H3. The molecule has 0 saturated carbocycles. The van der Waals surface area contributed by atoms with Crippen molar-refractivity contribution in [1.29, 1.82) is 0 Å². The van der Waals surface area contributed by atoms with Crippen molar-refractivity contribution in [3.8, 4) is 5.75 Å². The Morgan fingerprint density at radius 3 is 2.71 bits per heavy atom. The average molecular weight is 214 g/mol. The minimum atomic E-state index is -0.223. The molecule has 1 N–H and O–H groups in total. The third-order valence-corrected chi connectivity index (χ3v) is 2.03. The maximum atomic E-state index is 5.86. The number of rotatable bonds is 4. The second kappa shape index (κ2) is 4.67. The molecule has 14 heavy (non-hydrogen) atoms. The molecule has 0 aliphatic rings. The molecule has 78 valence electrons. The molecule has 0 atom stereocenters. The van der Waals surface area contributed by atoms with Crippen LogP contribution in [0.2, 0.25) is 5.02 Å². The fraction of sp³-hybridized carbons (Fsp3) is 0.455. The Bertz CT molecular complexity index is 299. The molecule has 3 heteroatoms. The first-order valence-electron chi connectivity index (χ1n) is 4.63. The number of nitrogens with one attached hydrogen (secondary N) is 1. The van der Waals surface area contributed by atoms with Crippen molar-refractivity contribution in [2.75, 3.05) is 13.6 Å². The van der Waals surface area contributed by atoms with Crippen LogP contribution >= 0.6 is 11.6 Å². The monoisotopic (exact) mass is 213 g/mol. The Labute approximate surface area is 90.2 Å². The van der Waals surface area contributed by atoms with Crippen molar-refractivity contribution in [1.82, 2.24) is 5.32 Å². The Morgan fingerprint density at radius 1 is 1.43 bits per heavy atom. The predicted molar refractivity (Wildman–Crippen MR) is 60.1 cm³/mol. The molecule has 0 aliphatic heterocycles. The van der Waals surface area contributed by atoms with Gasteiger partial charge in [-0.3, -0.25) is 0 Å². The van der Waals surface area contributed by atoms with Crippen LogP contribution in [0.5, 0.6) is 5.75 Å². The van der Waals surface area contributed by atoms with E-state index >= 15 is 0 Å². The first-order valence-corrected chi connectivity index (χ1v) is 5.00. The predicted octanol–water partition coefficient (Wildman–Crippen LogP) is 2.72. The molecule has 0 saturated heterocycles. The molecular weight excluding hydrogens is 198 g/mol. The van der Waals surface area contributed by atoms with E-state index in [1.54, 1.807) is 0 Å². The van der Waals surface area contributed by atoms with Crippen molar-refractivity contribution >= 4 is 11.6 Å². The van der Waals surface area contributed by atoms with Crippen LogP contribution in [-0.4, -0.2) is 19.2 Å². The Balaban J connectivity index is 2.68. The van der Waals surface area contributed by atoms with E-state index < -0.39 is 0 Å². The van der Waals surface area contributed by atoms with Crippen LogP contribution in [0.15, 0.2) is 24.3 Å². The number of hydrogen-bond acceptors (Lipinski definition) is 2. The van der Waals surface area contributed by atoms with Gasteiger partial charge in [-0.05, 0) is 39.1 Å². The summed E-state index contributed by atoms with van der Waals surface area (Å²) in [6.07, 6.45) is 0. The second-order valence-electron chi connectivity index (χ2n) is 3.85. The van der Waals surface area contributed by atoms with Crippen molar-refractivity contribution in [3.05, 3.63) is 29.3 Å². The van der Waals surface area contributed by atoms with Gasteiger partial charge in [-0.25, -0.2) is 0 Å². The number of benzene rings is 1. The minimum Gasteiger partial charge on any atom is -0.486 e. The van der Waals surface area contributed by atoms with E-state index in [1.165, 1.54) is 0 Å². The molecule has 1 aromatic carbocycles. The van der Waals surface area contributed by atoms with Crippen LogP contribution < -0.4 is 10.1 Å². The van der Waals surface area contributed by atoms with Crippen LogP contribution in [0.4, 0.5) is 0 Å². The zero-order valence-electron chi connectivity index (χ0n) is 8.80. The first-order chi connectivity index (χ1) is 6.53. The van der Waals surface area contributed by atoms with Gasteiger partial charge < -0.3 is 10.1 Å². The van der Waals surface area contributed by atoms with Gasteiger partial charge in [0.25, 0.3) is 0 Å². The lowest BCUT2D eigenvalue weighted by Gasteiger charge is -2.26. The lowest BCUT2D eigenvalue weighted by molar-refractivity contribution is 0.110. The summed E-state index contributed by atoms with van der Waals surface area (Å²) in [7, 11) is 1.91. The molecule has 1 aromatic rings. The molecule has 1 rings (SSSR count). The highest BCUT2D eigenvalue weighted by molar-refractivity contribution is 6.30. The van der Waals surface area contributed by atoms with Crippen molar-refractivity contribution in [2.45, 2.75) is 19.4 Å². The topological polar surface area (TPSA) is 21.3 Å². The lowest BCUT2D eigenvalue weighted by Crippen LogP contribution is -2.38. The molecule has 0 amide bonds. The molecule has 0 unspecified atom stereocenters. The van der Waals surface area contributed by atoms with E-state index in [0.29, 0.717) is 5.02 Å². The van der Waals surface area contributed by atoms with Gasteiger partial charge >= 0.3 is 0 Å². The number of halogens is 1. The van der Waals surface area contributed by atoms with Crippen molar-refractivity contribution < 1.29 is 4.74 Å². The van der Waals surface area contributed by atoms with Gasteiger partial charge in [-0.15, -0.1) is 0 Å². The fourth-order valence-electron chi connectivity index (χ4n) is 1.31. The average Bonchev–Trinajstić information content (AvgIpc) is 2.02. The van der Waals surface area contributed by atoms with Gasteiger partial charge in [0.1, 0.15) is 11.4 Å². The van der Waals surface area contributed by atoms with E-state index in [0.717, 1.165) is 12.3 Å². The number of hydrogen-bond donors (Lipinski definition) is 1. The van der Waals surface area contributed by atoms with Crippen molar-refractivity contribution in [3.63, 3.8) is 0 Å². The fourth-order valence-corrected chi connectivity index (χ4v) is 1.49. The van der Waals surface area contributed by atoms with Crippen molar-refractivity contribution in [2.24, 2.45) is 0 Å². The lowest BCUT2D eigenvalue weighted by atomic mass is 10.1.